The zero-order chi connectivity index (χ0) is 18.1. The van der Waals surface area contributed by atoms with Crippen LogP contribution in [-0.4, -0.2) is 21.0 Å². The number of benzene rings is 3. The molecule has 0 fully saturated rings. The lowest BCUT2D eigenvalue weighted by molar-refractivity contribution is 0.0695. The summed E-state index contributed by atoms with van der Waals surface area (Å²) >= 11 is 0. The van der Waals surface area contributed by atoms with Crippen LogP contribution in [0.25, 0.3) is 33.4 Å². The number of nitrogens with zero attached hydrogens (tertiary/aromatic N) is 1. The van der Waals surface area contributed by atoms with Gasteiger partial charge in [-0.2, -0.15) is 0 Å². The molecule has 0 aliphatic rings. The molecule has 5 heteroatoms. The van der Waals surface area contributed by atoms with E-state index in [9.17, 15) is 14.7 Å². The first-order valence-electron chi connectivity index (χ1n) is 8.06. The first-order valence-corrected chi connectivity index (χ1v) is 8.06. The van der Waals surface area contributed by atoms with Crippen molar-refractivity contribution in [1.29, 1.82) is 0 Å². The molecular formula is C21H14N2O3. The largest absolute Gasteiger partial charge is 0.477 e. The standard InChI is InChI=1S/C21H14N2O3/c24-20-17(21(25)26)18(14-7-2-1-3-8-14)22-19(23-20)16-11-10-13-6-4-5-9-15(13)12-16/h1-12H,(H,25,26)(H,22,23,24). The van der Waals surface area contributed by atoms with Crippen LogP contribution in [0.5, 0.6) is 0 Å². The highest BCUT2D eigenvalue weighted by atomic mass is 16.4. The van der Waals surface area contributed by atoms with Gasteiger partial charge >= 0.3 is 5.97 Å². The summed E-state index contributed by atoms with van der Waals surface area (Å²) in [6.45, 7) is 0. The van der Waals surface area contributed by atoms with E-state index in [1.54, 1.807) is 24.3 Å². The van der Waals surface area contributed by atoms with E-state index in [2.05, 4.69) is 9.97 Å². The van der Waals surface area contributed by atoms with Crippen LogP contribution in [-0.2, 0) is 0 Å². The molecule has 0 unspecified atom stereocenters. The fourth-order valence-electron chi connectivity index (χ4n) is 2.95. The molecule has 26 heavy (non-hydrogen) atoms. The van der Waals surface area contributed by atoms with Crippen LogP contribution < -0.4 is 5.56 Å². The van der Waals surface area contributed by atoms with E-state index in [4.69, 9.17) is 0 Å². The predicted molar refractivity (Wildman–Crippen MR) is 100 cm³/mol. The third kappa shape index (κ3) is 2.75. The summed E-state index contributed by atoms with van der Waals surface area (Å²) in [6.07, 6.45) is 0. The highest BCUT2D eigenvalue weighted by Crippen LogP contribution is 2.25. The molecule has 0 aliphatic carbocycles. The number of aromatic nitrogens is 2. The summed E-state index contributed by atoms with van der Waals surface area (Å²) in [6, 6.07) is 22.4. The van der Waals surface area contributed by atoms with Gasteiger partial charge in [-0.15, -0.1) is 0 Å². The Morgan fingerprint density at radius 2 is 1.54 bits per heavy atom. The molecule has 5 nitrogen and oxygen atoms in total. The summed E-state index contributed by atoms with van der Waals surface area (Å²) in [5.41, 5.74) is 0.424. The summed E-state index contributed by atoms with van der Waals surface area (Å²) in [5.74, 6) is -0.965. The molecule has 0 radical (unpaired) electrons. The number of aromatic carboxylic acids is 1. The third-order valence-electron chi connectivity index (χ3n) is 4.20. The number of hydrogen-bond acceptors (Lipinski definition) is 3. The Labute approximate surface area is 148 Å². The average molecular weight is 342 g/mol. The van der Waals surface area contributed by atoms with E-state index in [1.165, 1.54) is 0 Å². The highest BCUT2D eigenvalue weighted by molar-refractivity contribution is 5.95. The van der Waals surface area contributed by atoms with Gasteiger partial charge in [0.25, 0.3) is 5.56 Å². The number of aromatic amines is 1. The first kappa shape index (κ1) is 15.8. The van der Waals surface area contributed by atoms with E-state index >= 15 is 0 Å². The maximum atomic E-state index is 12.4. The van der Waals surface area contributed by atoms with Crippen LogP contribution in [0.1, 0.15) is 10.4 Å². The lowest BCUT2D eigenvalue weighted by Gasteiger charge is -2.09. The number of fused-ring (bicyclic) bond motifs is 1. The van der Waals surface area contributed by atoms with Crippen molar-refractivity contribution in [2.24, 2.45) is 0 Å². The fourth-order valence-corrected chi connectivity index (χ4v) is 2.95. The molecule has 126 valence electrons. The van der Waals surface area contributed by atoms with E-state index in [0.29, 0.717) is 11.4 Å². The number of rotatable bonds is 3. The molecule has 0 amide bonds. The van der Waals surface area contributed by atoms with E-state index in [1.807, 2.05) is 48.5 Å². The maximum absolute atomic E-state index is 12.4. The molecule has 0 saturated carbocycles. The monoisotopic (exact) mass is 342 g/mol. The van der Waals surface area contributed by atoms with Gasteiger partial charge in [0.1, 0.15) is 5.82 Å². The molecule has 2 N–H and O–H groups in total. The molecule has 0 bridgehead atoms. The Bertz CT molecular complexity index is 1180. The van der Waals surface area contributed by atoms with Crippen LogP contribution >= 0.6 is 0 Å². The van der Waals surface area contributed by atoms with Gasteiger partial charge in [-0.05, 0) is 16.8 Å². The van der Waals surface area contributed by atoms with E-state index < -0.39 is 11.5 Å². The minimum absolute atomic E-state index is 0.157. The van der Waals surface area contributed by atoms with E-state index in [0.717, 1.165) is 16.3 Å². The minimum atomic E-state index is -1.30. The number of nitrogens with one attached hydrogen (secondary N) is 1. The van der Waals surface area contributed by atoms with Gasteiger partial charge in [-0.3, -0.25) is 4.79 Å². The van der Waals surface area contributed by atoms with Crippen LogP contribution in [0.15, 0.2) is 77.6 Å². The molecule has 0 aliphatic heterocycles. The van der Waals surface area contributed by atoms with Gasteiger partial charge in [0.2, 0.25) is 0 Å². The molecule has 3 aromatic carbocycles. The number of hydrogen-bond donors (Lipinski definition) is 2. The SMILES string of the molecule is O=C(O)c1c(-c2ccccc2)nc(-c2ccc3ccccc3c2)[nH]c1=O. The maximum Gasteiger partial charge on any atom is 0.343 e. The Morgan fingerprint density at radius 1 is 0.846 bits per heavy atom. The van der Waals surface area contributed by atoms with Crippen molar-refractivity contribution in [2.45, 2.75) is 0 Å². The Balaban J connectivity index is 1.96. The number of carbonyl (C=O) groups is 1. The Morgan fingerprint density at radius 3 is 2.27 bits per heavy atom. The summed E-state index contributed by atoms with van der Waals surface area (Å²) in [4.78, 5) is 31.1. The summed E-state index contributed by atoms with van der Waals surface area (Å²) in [7, 11) is 0. The average Bonchev–Trinajstić information content (AvgIpc) is 2.67. The van der Waals surface area contributed by atoms with Gasteiger partial charge in [0, 0.05) is 11.1 Å². The molecule has 0 spiro atoms. The zero-order valence-electron chi connectivity index (χ0n) is 13.6. The van der Waals surface area contributed by atoms with Crippen LogP contribution in [0.2, 0.25) is 0 Å². The topological polar surface area (TPSA) is 83.0 Å². The van der Waals surface area contributed by atoms with Crippen molar-refractivity contribution in [3.05, 3.63) is 88.7 Å². The van der Waals surface area contributed by atoms with E-state index in [-0.39, 0.29) is 11.3 Å². The smallest absolute Gasteiger partial charge is 0.343 e. The first-order chi connectivity index (χ1) is 12.6. The second-order valence-electron chi connectivity index (χ2n) is 5.87. The molecule has 0 saturated heterocycles. The van der Waals surface area contributed by atoms with Crippen molar-refractivity contribution >= 4 is 16.7 Å². The van der Waals surface area contributed by atoms with Gasteiger partial charge < -0.3 is 10.1 Å². The Hall–Kier alpha value is -3.73. The number of H-pyrrole nitrogens is 1. The third-order valence-corrected chi connectivity index (χ3v) is 4.20. The minimum Gasteiger partial charge on any atom is -0.477 e. The van der Waals surface area contributed by atoms with Gasteiger partial charge in [0.05, 0.1) is 5.69 Å². The fraction of sp³-hybridized carbons (Fsp3) is 0. The van der Waals surface area contributed by atoms with Crippen LogP contribution in [0.3, 0.4) is 0 Å². The van der Waals surface area contributed by atoms with Gasteiger partial charge in [0.15, 0.2) is 5.56 Å². The van der Waals surface area contributed by atoms with Gasteiger partial charge in [-0.25, -0.2) is 9.78 Å². The highest BCUT2D eigenvalue weighted by Gasteiger charge is 2.20. The van der Waals surface area contributed by atoms with Gasteiger partial charge in [-0.1, -0.05) is 66.7 Å². The lowest BCUT2D eigenvalue weighted by atomic mass is 10.0. The quantitative estimate of drug-likeness (QED) is 0.590. The van der Waals surface area contributed by atoms with Crippen molar-refractivity contribution in [2.75, 3.05) is 0 Å². The zero-order valence-corrected chi connectivity index (χ0v) is 13.6. The molecule has 1 heterocycles. The molecule has 4 aromatic rings. The number of carboxylic acid groups (broad SMARTS) is 1. The summed E-state index contributed by atoms with van der Waals surface area (Å²) in [5, 5.41) is 11.5. The lowest BCUT2D eigenvalue weighted by Crippen LogP contribution is -2.21. The second kappa shape index (κ2) is 6.29. The molecule has 1 aromatic heterocycles. The molecular weight excluding hydrogens is 328 g/mol. The molecule has 4 rings (SSSR count). The van der Waals surface area contributed by atoms with Crippen molar-refractivity contribution in [3.63, 3.8) is 0 Å². The van der Waals surface area contributed by atoms with Crippen molar-refractivity contribution < 1.29 is 9.90 Å². The van der Waals surface area contributed by atoms with Crippen LogP contribution in [0, 0.1) is 0 Å². The normalized spacial score (nSPS) is 10.8. The van der Waals surface area contributed by atoms with Crippen LogP contribution in [0.4, 0.5) is 0 Å². The summed E-state index contributed by atoms with van der Waals surface area (Å²) < 4.78 is 0. The van der Waals surface area contributed by atoms with Crippen molar-refractivity contribution in [1.82, 2.24) is 9.97 Å². The predicted octanol–water partition coefficient (Wildman–Crippen LogP) is 3.96. The Kier molecular flexibility index (Phi) is 3.82. The number of carboxylic acids is 1. The van der Waals surface area contributed by atoms with Crippen molar-refractivity contribution in [3.8, 4) is 22.6 Å². The molecule has 0 atom stereocenters. The second-order valence-corrected chi connectivity index (χ2v) is 5.87.